The van der Waals surface area contributed by atoms with E-state index in [9.17, 15) is 10.2 Å². The molecule has 1 aromatic carbocycles. The number of hydrogen-bond acceptors (Lipinski definition) is 4. The molecule has 4 aliphatic rings. The number of fused-ring (bicyclic) bond motifs is 6. The first-order chi connectivity index (χ1) is 18.5. The number of nitrogens with one attached hydrogen (secondary N) is 1. The number of aromatic nitrogens is 2. The molecule has 216 valence electrons. The monoisotopic (exact) mass is 536 g/mol. The molecule has 1 aromatic heterocycles. The van der Waals surface area contributed by atoms with Gasteiger partial charge in [-0.15, -0.1) is 0 Å². The zero-order valence-electron chi connectivity index (χ0n) is 25.2. The maximum atomic E-state index is 12.8. The lowest BCUT2D eigenvalue weighted by Gasteiger charge is -2.52. The molecule has 2 aromatic rings. The lowest BCUT2D eigenvalue weighted by Crippen LogP contribution is -2.53. The summed E-state index contributed by atoms with van der Waals surface area (Å²) in [4.78, 5) is 8.82. The molecule has 4 saturated carbocycles. The first-order valence-corrected chi connectivity index (χ1v) is 16.0. The minimum Gasteiger partial charge on any atom is -0.497 e. The highest BCUT2D eigenvalue weighted by Crippen LogP contribution is 2.75. The van der Waals surface area contributed by atoms with Crippen LogP contribution in [0.15, 0.2) is 18.2 Å². The molecule has 5 nitrogen and oxygen atoms in total. The van der Waals surface area contributed by atoms with Crippen molar-refractivity contribution in [2.24, 2.45) is 46.3 Å². The summed E-state index contributed by atoms with van der Waals surface area (Å²) in [5.74, 6) is 5.38. The number of rotatable bonds is 7. The van der Waals surface area contributed by atoms with Gasteiger partial charge in [0.15, 0.2) is 0 Å². The van der Waals surface area contributed by atoms with E-state index in [2.05, 4.69) is 39.6 Å². The molecule has 5 heteroatoms. The van der Waals surface area contributed by atoms with Gasteiger partial charge >= 0.3 is 0 Å². The van der Waals surface area contributed by atoms with E-state index in [-0.39, 0.29) is 11.3 Å². The maximum absolute atomic E-state index is 12.8. The van der Waals surface area contributed by atoms with Crippen molar-refractivity contribution in [1.29, 1.82) is 0 Å². The SMILES string of the molecule is COc1ccc2nc([C@@H]3C4C5CCC([C@H](C)CCCC(C)C)[C@@]5(C)CCC4[C@@]4(C)CC[C@H](O)C[C@@]34O)[nH]c2c1. The average molecular weight is 537 g/mol. The normalized spacial score (nSPS) is 42.4. The van der Waals surface area contributed by atoms with Crippen LogP contribution < -0.4 is 4.74 Å². The van der Waals surface area contributed by atoms with E-state index in [1.165, 1.54) is 44.9 Å². The molecule has 6 rings (SSSR count). The van der Waals surface area contributed by atoms with Gasteiger partial charge in [-0.25, -0.2) is 4.98 Å². The summed E-state index contributed by atoms with van der Waals surface area (Å²) in [6, 6.07) is 6.01. The Morgan fingerprint density at radius 1 is 1.05 bits per heavy atom. The van der Waals surface area contributed by atoms with Gasteiger partial charge in [0.05, 0.1) is 29.8 Å². The van der Waals surface area contributed by atoms with Crippen LogP contribution in [0.4, 0.5) is 0 Å². The molecule has 4 fully saturated rings. The molecule has 4 unspecified atom stereocenters. The van der Waals surface area contributed by atoms with Crippen molar-refractivity contribution in [3.05, 3.63) is 24.0 Å². The van der Waals surface area contributed by atoms with Crippen molar-refractivity contribution in [1.82, 2.24) is 9.97 Å². The molecule has 0 bridgehead atoms. The number of aliphatic hydroxyl groups excluding tert-OH is 1. The molecular weight excluding hydrogens is 484 g/mol. The fourth-order valence-corrected chi connectivity index (χ4v) is 10.8. The number of ether oxygens (including phenoxy) is 1. The Bertz CT molecular complexity index is 1190. The highest BCUT2D eigenvalue weighted by Gasteiger charge is 2.73. The van der Waals surface area contributed by atoms with Crippen LogP contribution in [0.1, 0.15) is 111 Å². The van der Waals surface area contributed by atoms with Gasteiger partial charge in [-0.05, 0) is 91.6 Å². The molecule has 0 radical (unpaired) electrons. The Hall–Kier alpha value is -1.59. The molecule has 3 N–H and O–H groups in total. The van der Waals surface area contributed by atoms with Crippen LogP contribution in [0.25, 0.3) is 11.0 Å². The van der Waals surface area contributed by atoms with E-state index >= 15 is 0 Å². The number of aromatic amines is 1. The van der Waals surface area contributed by atoms with Gasteiger partial charge in [-0.1, -0.05) is 53.9 Å². The molecule has 0 spiro atoms. The second kappa shape index (κ2) is 9.76. The highest BCUT2D eigenvalue weighted by atomic mass is 16.5. The second-order valence-corrected chi connectivity index (χ2v) is 15.0. The van der Waals surface area contributed by atoms with Gasteiger partial charge in [-0.2, -0.15) is 0 Å². The van der Waals surface area contributed by atoms with E-state index < -0.39 is 11.7 Å². The summed E-state index contributed by atoms with van der Waals surface area (Å²) in [5.41, 5.74) is 1.06. The Morgan fingerprint density at radius 3 is 2.59 bits per heavy atom. The zero-order valence-corrected chi connectivity index (χ0v) is 25.2. The van der Waals surface area contributed by atoms with Crippen LogP contribution >= 0.6 is 0 Å². The smallest absolute Gasteiger partial charge is 0.121 e. The average Bonchev–Trinajstić information content (AvgIpc) is 3.51. The Morgan fingerprint density at radius 2 is 1.85 bits per heavy atom. The molecule has 39 heavy (non-hydrogen) atoms. The summed E-state index contributed by atoms with van der Waals surface area (Å²) in [6.45, 7) is 12.2. The van der Waals surface area contributed by atoms with E-state index in [1.807, 2.05) is 18.2 Å². The number of methoxy groups -OCH3 is 1. The summed E-state index contributed by atoms with van der Waals surface area (Å²) < 4.78 is 5.49. The van der Waals surface area contributed by atoms with Gasteiger partial charge in [-0.3, -0.25) is 0 Å². The molecular formula is C34H52N2O3. The number of aliphatic hydroxyl groups is 2. The predicted octanol–water partition coefficient (Wildman–Crippen LogP) is 7.47. The number of benzene rings is 1. The van der Waals surface area contributed by atoms with Gasteiger partial charge in [0.25, 0.3) is 0 Å². The van der Waals surface area contributed by atoms with Crippen LogP contribution in [0.5, 0.6) is 5.75 Å². The zero-order chi connectivity index (χ0) is 27.7. The van der Waals surface area contributed by atoms with E-state index in [0.29, 0.717) is 29.6 Å². The molecule has 0 aliphatic heterocycles. The predicted molar refractivity (Wildman–Crippen MR) is 157 cm³/mol. The van der Waals surface area contributed by atoms with Gasteiger partial charge in [0, 0.05) is 23.8 Å². The standard InChI is InChI=1S/C34H52N2O3/c1-20(2)8-7-9-21(3)24-11-12-25-29-26(15-16-32(24,25)4)33(5)17-14-22(37)19-34(33,38)30(29)31-35-27-13-10-23(39-6)18-28(27)36-31/h10,13,18,20-22,24-26,29-30,37-38H,7-9,11-12,14-17,19H2,1-6H3,(H,35,36)/t21-,22+,24?,25?,26?,29?,30+,32-,33-,34-/m1/s1. The number of hydrogen-bond donors (Lipinski definition) is 3. The minimum absolute atomic E-state index is 0.0829. The van der Waals surface area contributed by atoms with Crippen molar-refractivity contribution < 1.29 is 14.9 Å². The molecule has 10 atom stereocenters. The third kappa shape index (κ3) is 4.11. The summed E-state index contributed by atoms with van der Waals surface area (Å²) in [7, 11) is 1.70. The second-order valence-electron chi connectivity index (χ2n) is 15.0. The summed E-state index contributed by atoms with van der Waals surface area (Å²) in [5, 5.41) is 23.7. The van der Waals surface area contributed by atoms with E-state index in [0.717, 1.165) is 53.2 Å². The fourth-order valence-electron chi connectivity index (χ4n) is 10.8. The minimum atomic E-state index is -0.954. The van der Waals surface area contributed by atoms with Crippen LogP contribution in [-0.2, 0) is 0 Å². The first kappa shape index (κ1) is 27.6. The van der Waals surface area contributed by atoms with E-state index in [1.54, 1.807) is 7.11 Å². The number of imidazole rings is 1. The Kier molecular flexibility index (Phi) is 6.90. The summed E-state index contributed by atoms with van der Waals surface area (Å²) >= 11 is 0. The van der Waals surface area contributed by atoms with Crippen molar-refractivity contribution in [3.8, 4) is 5.75 Å². The van der Waals surface area contributed by atoms with Crippen molar-refractivity contribution in [2.45, 2.75) is 116 Å². The third-order valence-electron chi connectivity index (χ3n) is 12.8. The van der Waals surface area contributed by atoms with Crippen LogP contribution in [-0.4, -0.2) is 39.0 Å². The van der Waals surface area contributed by atoms with Crippen LogP contribution in [0, 0.1) is 46.3 Å². The van der Waals surface area contributed by atoms with E-state index in [4.69, 9.17) is 9.72 Å². The molecule has 0 amide bonds. The number of nitrogens with zero attached hydrogens (tertiary/aromatic N) is 1. The molecule has 1 heterocycles. The first-order valence-electron chi connectivity index (χ1n) is 16.0. The lowest BCUT2D eigenvalue weighted by atomic mass is 9.53. The molecule has 4 aliphatic carbocycles. The Labute approximate surface area is 235 Å². The van der Waals surface area contributed by atoms with Gasteiger partial charge in [0.1, 0.15) is 11.6 Å². The highest BCUT2D eigenvalue weighted by molar-refractivity contribution is 5.77. The largest absolute Gasteiger partial charge is 0.497 e. The van der Waals surface area contributed by atoms with Crippen LogP contribution in [0.2, 0.25) is 0 Å². The summed E-state index contributed by atoms with van der Waals surface area (Å²) in [6.07, 6.45) is 10.7. The fraction of sp³-hybridized carbons (Fsp3) is 0.794. The van der Waals surface area contributed by atoms with Crippen molar-refractivity contribution in [3.63, 3.8) is 0 Å². The lowest BCUT2D eigenvalue weighted by molar-refractivity contribution is -0.141. The quantitative estimate of drug-likeness (QED) is 0.343. The third-order valence-corrected chi connectivity index (χ3v) is 12.8. The van der Waals surface area contributed by atoms with Crippen molar-refractivity contribution >= 4 is 11.0 Å². The van der Waals surface area contributed by atoms with Crippen molar-refractivity contribution in [2.75, 3.05) is 7.11 Å². The van der Waals surface area contributed by atoms with Crippen LogP contribution in [0.3, 0.4) is 0 Å². The van der Waals surface area contributed by atoms with Gasteiger partial charge in [0.2, 0.25) is 0 Å². The molecule has 0 saturated heterocycles. The maximum Gasteiger partial charge on any atom is 0.121 e. The topological polar surface area (TPSA) is 78.4 Å². The number of H-pyrrole nitrogens is 1. The van der Waals surface area contributed by atoms with Gasteiger partial charge < -0.3 is 19.9 Å². The Balaban J connectivity index is 1.40.